The van der Waals surface area contributed by atoms with Gasteiger partial charge < -0.3 is 9.80 Å². The van der Waals surface area contributed by atoms with Gasteiger partial charge in [0.25, 0.3) is 5.91 Å². The van der Waals surface area contributed by atoms with E-state index >= 15 is 0 Å². The molecule has 0 unspecified atom stereocenters. The van der Waals surface area contributed by atoms with Gasteiger partial charge in [0.15, 0.2) is 0 Å². The Balaban J connectivity index is 1.48. The Morgan fingerprint density at radius 3 is 2.37 bits per heavy atom. The molecule has 1 aliphatic rings. The monoisotopic (exact) mass is 538 g/mol. The highest BCUT2D eigenvalue weighted by Crippen LogP contribution is 2.40. The molecule has 0 spiro atoms. The lowest BCUT2D eigenvalue weighted by Gasteiger charge is -2.35. The molecule has 1 saturated heterocycles. The van der Waals surface area contributed by atoms with Crippen LogP contribution in [0.15, 0.2) is 67.3 Å². The van der Waals surface area contributed by atoms with Crippen molar-refractivity contribution in [2.24, 2.45) is 0 Å². The number of aryl methyl sites for hydroxylation is 1. The number of carbonyl (C=O) groups is 1. The molecule has 194 valence electrons. The summed E-state index contributed by atoms with van der Waals surface area (Å²) in [6.45, 7) is 3.64. The van der Waals surface area contributed by atoms with Crippen LogP contribution < -0.4 is 4.90 Å². The molecule has 0 saturated carbocycles. The van der Waals surface area contributed by atoms with Crippen LogP contribution in [0, 0.1) is 6.92 Å². The van der Waals surface area contributed by atoms with Crippen molar-refractivity contribution in [3.05, 3.63) is 89.1 Å². The zero-order valence-electron chi connectivity index (χ0n) is 20.3. The van der Waals surface area contributed by atoms with Gasteiger partial charge in [0.2, 0.25) is 0 Å². The summed E-state index contributed by atoms with van der Waals surface area (Å²) >= 11 is 6.39. The van der Waals surface area contributed by atoms with Gasteiger partial charge in [0.05, 0.1) is 22.5 Å². The molecule has 5 rings (SSSR count). The van der Waals surface area contributed by atoms with Gasteiger partial charge >= 0.3 is 6.18 Å². The van der Waals surface area contributed by atoms with E-state index in [1.54, 1.807) is 23.2 Å². The molecule has 0 radical (unpaired) electrons. The Morgan fingerprint density at radius 2 is 1.66 bits per heavy atom. The molecule has 3 aromatic heterocycles. The molecule has 38 heavy (non-hydrogen) atoms. The van der Waals surface area contributed by atoms with Crippen molar-refractivity contribution >= 4 is 23.3 Å². The third kappa shape index (κ3) is 5.04. The quantitative estimate of drug-likeness (QED) is 0.339. The summed E-state index contributed by atoms with van der Waals surface area (Å²) in [5.41, 5.74) is 1.02. The molecule has 1 fully saturated rings. The van der Waals surface area contributed by atoms with Crippen LogP contribution in [-0.2, 0) is 6.18 Å². The number of carbonyl (C=O) groups excluding carboxylic acids is 1. The van der Waals surface area contributed by atoms with Gasteiger partial charge in [0.1, 0.15) is 17.2 Å². The largest absolute Gasteiger partial charge is 0.417 e. The Kier molecular flexibility index (Phi) is 6.98. The average molecular weight is 539 g/mol. The molecule has 0 aliphatic carbocycles. The normalized spacial score (nSPS) is 14.0. The minimum absolute atomic E-state index is 0.0641. The van der Waals surface area contributed by atoms with Crippen LogP contribution in [0.25, 0.3) is 22.5 Å². The first-order chi connectivity index (χ1) is 18.2. The van der Waals surface area contributed by atoms with Crippen LogP contribution in [0.1, 0.15) is 21.6 Å². The number of pyridine rings is 2. The molecular weight excluding hydrogens is 517 g/mol. The van der Waals surface area contributed by atoms with E-state index in [2.05, 4.69) is 15.0 Å². The van der Waals surface area contributed by atoms with Crippen molar-refractivity contribution in [2.75, 3.05) is 31.1 Å². The van der Waals surface area contributed by atoms with Gasteiger partial charge in [-0.1, -0.05) is 35.9 Å². The molecule has 0 atom stereocenters. The SMILES string of the molecule is Cc1cccnc1C(=O)N1CCN(c2cnc(-c3ccccc3C(F)(F)F)c(-c3ccncc3Cl)n2)CC1. The maximum absolute atomic E-state index is 13.8. The number of halogens is 4. The summed E-state index contributed by atoms with van der Waals surface area (Å²) in [6.07, 6.45) is 1.39. The van der Waals surface area contributed by atoms with E-state index in [1.807, 2.05) is 17.9 Å². The van der Waals surface area contributed by atoms with Crippen molar-refractivity contribution in [2.45, 2.75) is 13.1 Å². The van der Waals surface area contributed by atoms with Crippen LogP contribution in [0.2, 0.25) is 5.02 Å². The predicted octanol–water partition coefficient (Wildman–Crippen LogP) is 5.54. The lowest BCUT2D eigenvalue weighted by Crippen LogP contribution is -2.49. The summed E-state index contributed by atoms with van der Waals surface area (Å²) in [5, 5.41) is 0.242. The molecule has 0 bridgehead atoms. The fraction of sp³-hybridized carbons (Fsp3) is 0.222. The van der Waals surface area contributed by atoms with Crippen molar-refractivity contribution in [1.82, 2.24) is 24.8 Å². The minimum Gasteiger partial charge on any atom is -0.352 e. The third-order valence-electron chi connectivity index (χ3n) is 6.38. The topological polar surface area (TPSA) is 75.1 Å². The van der Waals surface area contributed by atoms with E-state index in [0.29, 0.717) is 43.3 Å². The van der Waals surface area contributed by atoms with Crippen LogP contribution in [0.5, 0.6) is 0 Å². The highest BCUT2D eigenvalue weighted by molar-refractivity contribution is 6.33. The zero-order chi connectivity index (χ0) is 26.9. The summed E-state index contributed by atoms with van der Waals surface area (Å²) in [4.78, 5) is 34.0. The predicted molar refractivity (Wildman–Crippen MR) is 138 cm³/mol. The van der Waals surface area contributed by atoms with Crippen molar-refractivity contribution in [3.63, 3.8) is 0 Å². The molecule has 1 amide bonds. The second-order valence-electron chi connectivity index (χ2n) is 8.77. The van der Waals surface area contributed by atoms with Gasteiger partial charge in [-0.2, -0.15) is 13.2 Å². The molecule has 11 heteroatoms. The molecular formula is C27H22ClF3N6O. The fourth-order valence-corrected chi connectivity index (χ4v) is 4.63. The summed E-state index contributed by atoms with van der Waals surface area (Å²) < 4.78 is 41.5. The van der Waals surface area contributed by atoms with Crippen LogP contribution in [0.4, 0.5) is 19.0 Å². The number of amides is 1. The van der Waals surface area contributed by atoms with Gasteiger partial charge in [-0.05, 0) is 30.7 Å². The van der Waals surface area contributed by atoms with Crippen molar-refractivity contribution in [1.29, 1.82) is 0 Å². The molecule has 7 nitrogen and oxygen atoms in total. The number of aromatic nitrogens is 4. The van der Waals surface area contributed by atoms with Gasteiger partial charge in [-0.3, -0.25) is 19.7 Å². The smallest absolute Gasteiger partial charge is 0.352 e. The van der Waals surface area contributed by atoms with E-state index in [9.17, 15) is 18.0 Å². The van der Waals surface area contributed by atoms with E-state index < -0.39 is 11.7 Å². The second-order valence-corrected chi connectivity index (χ2v) is 9.18. The Bertz CT molecular complexity index is 1490. The van der Waals surface area contributed by atoms with Crippen LogP contribution in [-0.4, -0.2) is 56.9 Å². The maximum atomic E-state index is 13.8. The zero-order valence-corrected chi connectivity index (χ0v) is 21.0. The van der Waals surface area contributed by atoms with Crippen molar-refractivity contribution < 1.29 is 18.0 Å². The lowest BCUT2D eigenvalue weighted by atomic mass is 9.99. The standard InChI is InChI=1S/C27H22ClF3N6O/c1-17-5-4-9-33-23(17)26(38)37-13-11-36(12-14-37)22-16-34-24(18-6-2-3-7-20(18)27(29,30)31)25(35-22)19-8-10-32-15-21(19)28/h2-10,15-16H,11-14H2,1H3. The summed E-state index contributed by atoms with van der Waals surface area (Å²) in [5.74, 6) is 0.333. The molecule has 4 heterocycles. The number of hydrogen-bond donors (Lipinski definition) is 0. The number of piperazine rings is 1. The maximum Gasteiger partial charge on any atom is 0.417 e. The third-order valence-corrected chi connectivity index (χ3v) is 6.68. The highest BCUT2D eigenvalue weighted by atomic mass is 35.5. The van der Waals surface area contributed by atoms with Gasteiger partial charge in [-0.25, -0.2) is 4.98 Å². The second kappa shape index (κ2) is 10.4. The van der Waals surface area contributed by atoms with E-state index in [4.69, 9.17) is 16.6 Å². The average Bonchev–Trinajstić information content (AvgIpc) is 2.92. The first kappa shape index (κ1) is 25.6. The Morgan fingerprint density at radius 1 is 0.895 bits per heavy atom. The minimum atomic E-state index is -4.58. The number of alkyl halides is 3. The first-order valence-electron chi connectivity index (χ1n) is 11.8. The summed E-state index contributed by atoms with van der Waals surface area (Å²) in [6, 6.07) is 10.5. The number of anilines is 1. The first-order valence-corrected chi connectivity index (χ1v) is 12.2. The van der Waals surface area contributed by atoms with Crippen LogP contribution in [0.3, 0.4) is 0 Å². The Hall–Kier alpha value is -4.05. The van der Waals surface area contributed by atoms with Gasteiger partial charge in [0, 0.05) is 55.9 Å². The number of nitrogens with zero attached hydrogens (tertiary/aromatic N) is 6. The van der Waals surface area contributed by atoms with E-state index in [1.165, 1.54) is 36.8 Å². The Labute approximate surface area is 222 Å². The van der Waals surface area contributed by atoms with Crippen molar-refractivity contribution in [3.8, 4) is 22.5 Å². The summed E-state index contributed by atoms with van der Waals surface area (Å²) in [7, 11) is 0. The van der Waals surface area contributed by atoms with Gasteiger partial charge in [-0.15, -0.1) is 0 Å². The molecule has 0 N–H and O–H groups in total. The molecule has 4 aromatic rings. The highest BCUT2D eigenvalue weighted by Gasteiger charge is 2.35. The molecule has 1 aromatic carbocycles. The molecule has 1 aliphatic heterocycles. The van der Waals surface area contributed by atoms with E-state index in [0.717, 1.165) is 11.6 Å². The van der Waals surface area contributed by atoms with E-state index in [-0.39, 0.29) is 27.9 Å². The number of hydrogen-bond acceptors (Lipinski definition) is 6. The number of rotatable bonds is 4. The number of benzene rings is 1. The lowest BCUT2D eigenvalue weighted by molar-refractivity contribution is -0.137. The van der Waals surface area contributed by atoms with Crippen LogP contribution >= 0.6 is 11.6 Å². The fourth-order valence-electron chi connectivity index (χ4n) is 4.42.